The molecule has 2 aromatic carbocycles. The number of nitrogens with two attached hydrogens (primary N) is 1. The highest BCUT2D eigenvalue weighted by atomic mass is 35.5. The third-order valence-corrected chi connectivity index (χ3v) is 2.91. The average molecular weight is 310 g/mol. The summed E-state index contributed by atoms with van der Waals surface area (Å²) in [7, 11) is 0. The first-order valence-electron chi connectivity index (χ1n) is 5.69. The highest BCUT2D eigenvalue weighted by Crippen LogP contribution is 2.27. The Balaban J connectivity index is 2.40. The molecule has 2 aromatic rings. The summed E-state index contributed by atoms with van der Waals surface area (Å²) in [5.74, 6) is -1.56. The van der Waals surface area contributed by atoms with Gasteiger partial charge in [0, 0.05) is 5.02 Å². The highest BCUT2D eigenvalue weighted by Gasteiger charge is 2.23. The van der Waals surface area contributed by atoms with Crippen LogP contribution in [-0.2, 0) is 0 Å². The molecule has 8 heteroatoms. The standard InChI is InChI=1S/C13H9ClFN3O3/c14-7-4-5-9(15)11(6-7)17-13(19)8-2-1-3-10(16)12(8)18(20)21/h1-6H,16H2,(H,17,19). The largest absolute Gasteiger partial charge is 0.393 e. The van der Waals surface area contributed by atoms with E-state index >= 15 is 0 Å². The summed E-state index contributed by atoms with van der Waals surface area (Å²) in [6.45, 7) is 0. The quantitative estimate of drug-likeness (QED) is 0.516. The van der Waals surface area contributed by atoms with Gasteiger partial charge in [-0.3, -0.25) is 14.9 Å². The van der Waals surface area contributed by atoms with Crippen molar-refractivity contribution < 1.29 is 14.1 Å². The summed E-state index contributed by atoms with van der Waals surface area (Å²) in [6.07, 6.45) is 0. The number of nitrogens with zero attached hydrogens (tertiary/aromatic N) is 1. The molecule has 1 amide bonds. The molecule has 108 valence electrons. The SMILES string of the molecule is Nc1cccc(C(=O)Nc2cc(Cl)ccc2F)c1[N+](=O)[O-]. The molecule has 0 bridgehead atoms. The molecule has 0 fully saturated rings. The zero-order valence-corrected chi connectivity index (χ0v) is 11.2. The number of nitro benzene ring substituents is 1. The number of hydrogen-bond donors (Lipinski definition) is 2. The van der Waals surface area contributed by atoms with Gasteiger partial charge in [-0.05, 0) is 30.3 Å². The van der Waals surface area contributed by atoms with E-state index in [4.69, 9.17) is 17.3 Å². The maximum atomic E-state index is 13.6. The van der Waals surface area contributed by atoms with E-state index in [0.717, 1.165) is 6.07 Å². The number of anilines is 2. The fraction of sp³-hybridized carbons (Fsp3) is 0. The van der Waals surface area contributed by atoms with Gasteiger partial charge in [0.05, 0.1) is 10.6 Å². The van der Waals surface area contributed by atoms with Gasteiger partial charge >= 0.3 is 5.69 Å². The first kappa shape index (κ1) is 14.7. The van der Waals surface area contributed by atoms with Crippen molar-refractivity contribution >= 4 is 34.6 Å². The van der Waals surface area contributed by atoms with Crippen LogP contribution in [0.25, 0.3) is 0 Å². The van der Waals surface area contributed by atoms with Gasteiger partial charge in [0.15, 0.2) is 0 Å². The summed E-state index contributed by atoms with van der Waals surface area (Å²) in [4.78, 5) is 22.3. The smallest absolute Gasteiger partial charge is 0.304 e. The van der Waals surface area contributed by atoms with Gasteiger partial charge < -0.3 is 11.1 Å². The first-order chi connectivity index (χ1) is 9.90. The Kier molecular flexibility index (Phi) is 4.04. The molecule has 0 atom stereocenters. The summed E-state index contributed by atoms with van der Waals surface area (Å²) in [6, 6.07) is 7.51. The van der Waals surface area contributed by atoms with E-state index in [1.165, 1.54) is 30.3 Å². The number of nitro groups is 1. The second-order valence-corrected chi connectivity index (χ2v) is 4.52. The van der Waals surface area contributed by atoms with Gasteiger partial charge in [-0.25, -0.2) is 4.39 Å². The van der Waals surface area contributed by atoms with Crippen LogP contribution in [0.15, 0.2) is 36.4 Å². The minimum absolute atomic E-state index is 0.154. The van der Waals surface area contributed by atoms with E-state index in [1.807, 2.05) is 0 Å². The Morgan fingerprint density at radius 2 is 2.05 bits per heavy atom. The molecule has 0 radical (unpaired) electrons. The van der Waals surface area contributed by atoms with Gasteiger partial charge in [-0.15, -0.1) is 0 Å². The minimum Gasteiger partial charge on any atom is -0.393 e. The topological polar surface area (TPSA) is 98.3 Å². The number of nitrogens with one attached hydrogen (secondary N) is 1. The molecule has 0 aliphatic heterocycles. The van der Waals surface area contributed by atoms with Crippen molar-refractivity contribution in [2.45, 2.75) is 0 Å². The second-order valence-electron chi connectivity index (χ2n) is 4.08. The van der Waals surface area contributed by atoms with Crippen LogP contribution in [0.2, 0.25) is 5.02 Å². The molecule has 0 spiro atoms. The monoisotopic (exact) mass is 309 g/mol. The molecule has 21 heavy (non-hydrogen) atoms. The maximum Gasteiger partial charge on any atom is 0.304 e. The number of carbonyl (C=O) groups is 1. The Bertz CT molecular complexity index is 737. The van der Waals surface area contributed by atoms with Crippen LogP contribution in [0.4, 0.5) is 21.5 Å². The third kappa shape index (κ3) is 3.09. The van der Waals surface area contributed by atoms with Gasteiger partial charge in [0.2, 0.25) is 0 Å². The fourth-order valence-electron chi connectivity index (χ4n) is 1.73. The average Bonchev–Trinajstić information content (AvgIpc) is 2.42. The molecule has 0 saturated carbocycles. The molecule has 0 aliphatic rings. The Hall–Kier alpha value is -2.67. The van der Waals surface area contributed by atoms with Crippen molar-refractivity contribution in [2.24, 2.45) is 0 Å². The van der Waals surface area contributed by atoms with Gasteiger partial charge in [0.25, 0.3) is 5.91 Å². The number of nitrogen functional groups attached to an aromatic ring is 1. The summed E-state index contributed by atoms with van der Waals surface area (Å²) >= 11 is 5.71. The third-order valence-electron chi connectivity index (χ3n) is 2.67. The molecule has 0 aromatic heterocycles. The fourth-order valence-corrected chi connectivity index (χ4v) is 1.90. The lowest BCUT2D eigenvalue weighted by atomic mass is 10.1. The molecule has 0 heterocycles. The molecular formula is C13H9ClFN3O3. The molecule has 6 nitrogen and oxygen atoms in total. The van der Waals surface area contributed by atoms with E-state index in [1.54, 1.807) is 0 Å². The van der Waals surface area contributed by atoms with E-state index in [2.05, 4.69) is 5.32 Å². The van der Waals surface area contributed by atoms with Crippen LogP contribution in [0.5, 0.6) is 0 Å². The lowest BCUT2D eigenvalue weighted by Crippen LogP contribution is -2.15. The Labute approximate surface area is 123 Å². The van der Waals surface area contributed by atoms with Crippen LogP contribution >= 0.6 is 11.6 Å². The van der Waals surface area contributed by atoms with Crippen LogP contribution in [0, 0.1) is 15.9 Å². The first-order valence-corrected chi connectivity index (χ1v) is 6.07. The maximum absolute atomic E-state index is 13.6. The Morgan fingerprint density at radius 3 is 2.71 bits per heavy atom. The number of benzene rings is 2. The number of rotatable bonds is 3. The number of halogens is 2. The molecule has 0 aliphatic carbocycles. The zero-order valence-electron chi connectivity index (χ0n) is 10.5. The van der Waals surface area contributed by atoms with Crippen LogP contribution < -0.4 is 11.1 Å². The molecule has 0 saturated heterocycles. The van der Waals surface area contributed by atoms with Crippen molar-refractivity contribution in [2.75, 3.05) is 11.1 Å². The molecule has 2 rings (SSSR count). The van der Waals surface area contributed by atoms with Crippen molar-refractivity contribution in [3.63, 3.8) is 0 Å². The minimum atomic E-state index is -0.852. The predicted octanol–water partition coefficient (Wildman–Crippen LogP) is 3.22. The van der Waals surface area contributed by atoms with Crippen molar-refractivity contribution in [1.82, 2.24) is 0 Å². The molecule has 0 unspecified atom stereocenters. The summed E-state index contributed by atoms with van der Waals surface area (Å²) < 4.78 is 13.6. The number of para-hydroxylation sites is 1. The predicted molar refractivity (Wildman–Crippen MR) is 76.9 cm³/mol. The van der Waals surface area contributed by atoms with Gasteiger partial charge in [-0.2, -0.15) is 0 Å². The van der Waals surface area contributed by atoms with Gasteiger partial charge in [-0.1, -0.05) is 17.7 Å². The van der Waals surface area contributed by atoms with E-state index < -0.39 is 22.3 Å². The number of amides is 1. The lowest BCUT2D eigenvalue weighted by molar-refractivity contribution is -0.384. The number of carbonyl (C=O) groups excluding carboxylic acids is 1. The lowest BCUT2D eigenvalue weighted by Gasteiger charge is -2.08. The number of hydrogen-bond acceptors (Lipinski definition) is 4. The Morgan fingerprint density at radius 1 is 1.33 bits per heavy atom. The molecular weight excluding hydrogens is 301 g/mol. The zero-order chi connectivity index (χ0) is 15.6. The summed E-state index contributed by atoms with van der Waals surface area (Å²) in [5, 5.41) is 13.4. The van der Waals surface area contributed by atoms with E-state index in [0.29, 0.717) is 0 Å². The van der Waals surface area contributed by atoms with Crippen LogP contribution in [0.3, 0.4) is 0 Å². The van der Waals surface area contributed by atoms with Crippen LogP contribution in [0.1, 0.15) is 10.4 Å². The van der Waals surface area contributed by atoms with Crippen molar-refractivity contribution in [1.29, 1.82) is 0 Å². The highest BCUT2D eigenvalue weighted by molar-refractivity contribution is 6.31. The van der Waals surface area contributed by atoms with Crippen LogP contribution in [-0.4, -0.2) is 10.8 Å². The van der Waals surface area contributed by atoms with E-state index in [9.17, 15) is 19.3 Å². The van der Waals surface area contributed by atoms with Gasteiger partial charge in [0.1, 0.15) is 17.1 Å². The molecule has 3 N–H and O–H groups in total. The van der Waals surface area contributed by atoms with E-state index in [-0.39, 0.29) is 22.0 Å². The summed E-state index contributed by atoms with van der Waals surface area (Å²) in [5.41, 5.74) is 4.37. The van der Waals surface area contributed by atoms with Crippen molar-refractivity contribution in [3.8, 4) is 0 Å². The van der Waals surface area contributed by atoms with Crippen molar-refractivity contribution in [3.05, 3.63) is 62.9 Å². The second kappa shape index (κ2) is 5.76. The normalized spacial score (nSPS) is 10.2.